The molecule has 0 unspecified atom stereocenters. The predicted molar refractivity (Wildman–Crippen MR) is 79.7 cm³/mol. The van der Waals surface area contributed by atoms with Gasteiger partial charge in [-0.05, 0) is 24.5 Å². The molecule has 1 aliphatic rings. The summed E-state index contributed by atoms with van der Waals surface area (Å²) in [5.41, 5.74) is 0.768. The van der Waals surface area contributed by atoms with Crippen LogP contribution in [-0.2, 0) is 0 Å². The minimum absolute atomic E-state index is 0.1000. The zero-order valence-corrected chi connectivity index (χ0v) is 11.7. The Hall–Kier alpha value is -1.77. The zero-order chi connectivity index (χ0) is 13.8. The SMILES string of the molecule is O=C(NCCC1CCCCC1)c1cc2ccccc2o1. The van der Waals surface area contributed by atoms with E-state index in [-0.39, 0.29) is 5.91 Å². The van der Waals surface area contributed by atoms with Crippen LogP contribution in [0.15, 0.2) is 34.7 Å². The fraction of sp³-hybridized carbons (Fsp3) is 0.471. The first-order chi connectivity index (χ1) is 9.83. The number of amides is 1. The number of para-hydroxylation sites is 1. The van der Waals surface area contributed by atoms with Crippen LogP contribution < -0.4 is 5.32 Å². The van der Waals surface area contributed by atoms with E-state index < -0.39 is 0 Å². The summed E-state index contributed by atoms with van der Waals surface area (Å²) in [6.07, 6.45) is 7.80. The molecule has 0 atom stereocenters. The maximum atomic E-state index is 12.1. The van der Waals surface area contributed by atoms with Gasteiger partial charge in [-0.25, -0.2) is 0 Å². The van der Waals surface area contributed by atoms with Crippen LogP contribution in [0.3, 0.4) is 0 Å². The Morgan fingerprint density at radius 3 is 2.80 bits per heavy atom. The lowest BCUT2D eigenvalue weighted by Gasteiger charge is -2.21. The molecule has 1 heterocycles. The fourth-order valence-electron chi connectivity index (χ4n) is 3.05. The first-order valence-electron chi connectivity index (χ1n) is 7.60. The second kappa shape index (κ2) is 6.12. The molecule has 1 amide bonds. The van der Waals surface area contributed by atoms with Gasteiger partial charge in [0.25, 0.3) is 5.91 Å². The molecule has 3 rings (SSSR count). The fourth-order valence-corrected chi connectivity index (χ4v) is 3.05. The van der Waals surface area contributed by atoms with Crippen molar-refractivity contribution in [3.8, 4) is 0 Å². The lowest BCUT2D eigenvalue weighted by Crippen LogP contribution is -2.26. The van der Waals surface area contributed by atoms with Crippen LogP contribution in [0, 0.1) is 5.92 Å². The van der Waals surface area contributed by atoms with Gasteiger partial charge in [0, 0.05) is 11.9 Å². The second-order valence-electron chi connectivity index (χ2n) is 5.70. The number of furan rings is 1. The monoisotopic (exact) mass is 271 g/mol. The normalized spacial score (nSPS) is 16.4. The number of nitrogens with one attached hydrogen (secondary N) is 1. The molecule has 0 spiro atoms. The predicted octanol–water partition coefficient (Wildman–Crippen LogP) is 4.13. The lowest BCUT2D eigenvalue weighted by molar-refractivity contribution is 0.0925. The van der Waals surface area contributed by atoms with E-state index in [4.69, 9.17) is 4.42 Å². The summed E-state index contributed by atoms with van der Waals surface area (Å²) in [7, 11) is 0. The van der Waals surface area contributed by atoms with Crippen molar-refractivity contribution in [1.82, 2.24) is 5.32 Å². The average molecular weight is 271 g/mol. The van der Waals surface area contributed by atoms with E-state index in [1.807, 2.05) is 30.3 Å². The van der Waals surface area contributed by atoms with Gasteiger partial charge in [0.15, 0.2) is 5.76 Å². The highest BCUT2D eigenvalue weighted by atomic mass is 16.3. The molecular formula is C17H21NO2. The van der Waals surface area contributed by atoms with Gasteiger partial charge in [-0.3, -0.25) is 4.79 Å². The van der Waals surface area contributed by atoms with E-state index in [9.17, 15) is 4.79 Å². The quantitative estimate of drug-likeness (QED) is 0.908. The smallest absolute Gasteiger partial charge is 0.287 e. The molecule has 0 saturated heterocycles. The van der Waals surface area contributed by atoms with Crippen molar-refractivity contribution in [2.45, 2.75) is 38.5 Å². The molecule has 1 aromatic heterocycles. The molecule has 1 fully saturated rings. The van der Waals surface area contributed by atoms with Crippen molar-refractivity contribution in [3.63, 3.8) is 0 Å². The molecule has 1 aliphatic carbocycles. The molecule has 0 radical (unpaired) electrons. The van der Waals surface area contributed by atoms with Crippen molar-refractivity contribution in [1.29, 1.82) is 0 Å². The van der Waals surface area contributed by atoms with Gasteiger partial charge >= 0.3 is 0 Å². The van der Waals surface area contributed by atoms with Gasteiger partial charge in [0.2, 0.25) is 0 Å². The standard InChI is InChI=1S/C17H21NO2/c19-17(18-11-10-13-6-2-1-3-7-13)16-12-14-8-4-5-9-15(14)20-16/h4-5,8-9,12-13H,1-3,6-7,10-11H2,(H,18,19). The Morgan fingerprint density at radius 2 is 2.00 bits per heavy atom. The summed E-state index contributed by atoms with van der Waals surface area (Å²) >= 11 is 0. The summed E-state index contributed by atoms with van der Waals surface area (Å²) in [5.74, 6) is 1.10. The van der Waals surface area contributed by atoms with Gasteiger partial charge in [-0.2, -0.15) is 0 Å². The minimum atomic E-state index is -0.1000. The Labute approximate surface area is 119 Å². The zero-order valence-electron chi connectivity index (χ0n) is 11.7. The molecule has 3 heteroatoms. The number of carbonyl (C=O) groups excluding carboxylic acids is 1. The Bertz CT molecular complexity index is 548. The first-order valence-corrected chi connectivity index (χ1v) is 7.60. The van der Waals surface area contributed by atoms with Crippen LogP contribution in [0.4, 0.5) is 0 Å². The molecule has 1 saturated carbocycles. The third-order valence-electron chi connectivity index (χ3n) is 4.21. The van der Waals surface area contributed by atoms with Crippen LogP contribution in [-0.4, -0.2) is 12.5 Å². The highest BCUT2D eigenvalue weighted by Gasteiger charge is 2.15. The first kappa shape index (κ1) is 13.2. The highest BCUT2D eigenvalue weighted by molar-refractivity contribution is 5.95. The minimum Gasteiger partial charge on any atom is -0.451 e. The van der Waals surface area contributed by atoms with Gasteiger partial charge in [0.1, 0.15) is 5.58 Å². The van der Waals surface area contributed by atoms with Crippen LogP contribution in [0.1, 0.15) is 49.1 Å². The average Bonchev–Trinajstić information content (AvgIpc) is 2.92. The van der Waals surface area contributed by atoms with Gasteiger partial charge in [-0.1, -0.05) is 50.3 Å². The van der Waals surface area contributed by atoms with E-state index in [1.54, 1.807) is 0 Å². The Kier molecular flexibility index (Phi) is 4.05. The molecule has 0 aliphatic heterocycles. The maximum Gasteiger partial charge on any atom is 0.287 e. The highest BCUT2D eigenvalue weighted by Crippen LogP contribution is 2.25. The van der Waals surface area contributed by atoms with Gasteiger partial charge in [0.05, 0.1) is 0 Å². The van der Waals surface area contributed by atoms with Gasteiger partial charge in [-0.15, -0.1) is 0 Å². The molecule has 1 N–H and O–H groups in total. The number of hydrogen-bond donors (Lipinski definition) is 1. The summed E-state index contributed by atoms with van der Waals surface area (Å²) in [6.45, 7) is 0.751. The third-order valence-corrected chi connectivity index (χ3v) is 4.21. The second-order valence-corrected chi connectivity index (χ2v) is 5.70. The summed E-state index contributed by atoms with van der Waals surface area (Å²) < 4.78 is 5.56. The number of carbonyl (C=O) groups is 1. The van der Waals surface area contributed by atoms with Crippen LogP contribution in [0.2, 0.25) is 0 Å². The van der Waals surface area contributed by atoms with Crippen molar-refractivity contribution in [2.24, 2.45) is 5.92 Å². The number of fused-ring (bicyclic) bond motifs is 1. The molecule has 0 bridgehead atoms. The van der Waals surface area contributed by atoms with E-state index in [2.05, 4.69) is 5.32 Å². The van der Waals surface area contributed by atoms with Crippen LogP contribution >= 0.6 is 0 Å². The number of hydrogen-bond acceptors (Lipinski definition) is 2. The van der Waals surface area contributed by atoms with Crippen molar-refractivity contribution >= 4 is 16.9 Å². The van der Waals surface area contributed by atoms with E-state index in [1.165, 1.54) is 32.1 Å². The van der Waals surface area contributed by atoms with Crippen molar-refractivity contribution in [3.05, 3.63) is 36.1 Å². The Morgan fingerprint density at radius 1 is 1.20 bits per heavy atom. The summed E-state index contributed by atoms with van der Waals surface area (Å²) in [4.78, 5) is 12.1. The maximum absolute atomic E-state index is 12.1. The number of rotatable bonds is 4. The molecule has 20 heavy (non-hydrogen) atoms. The summed E-state index contributed by atoms with van der Waals surface area (Å²) in [6, 6.07) is 9.51. The molecule has 3 nitrogen and oxygen atoms in total. The Balaban J connectivity index is 1.53. The molecule has 2 aromatic rings. The van der Waals surface area contributed by atoms with Crippen molar-refractivity contribution < 1.29 is 9.21 Å². The molecular weight excluding hydrogens is 250 g/mol. The molecule has 1 aromatic carbocycles. The number of benzene rings is 1. The van der Waals surface area contributed by atoms with Crippen LogP contribution in [0.5, 0.6) is 0 Å². The molecule has 106 valence electrons. The van der Waals surface area contributed by atoms with Crippen molar-refractivity contribution in [2.75, 3.05) is 6.54 Å². The van der Waals surface area contributed by atoms with Gasteiger partial charge < -0.3 is 9.73 Å². The van der Waals surface area contributed by atoms with E-state index in [0.717, 1.165) is 29.9 Å². The third kappa shape index (κ3) is 3.03. The van der Waals surface area contributed by atoms with Crippen LogP contribution in [0.25, 0.3) is 11.0 Å². The van der Waals surface area contributed by atoms with E-state index in [0.29, 0.717) is 5.76 Å². The topological polar surface area (TPSA) is 42.2 Å². The largest absolute Gasteiger partial charge is 0.451 e. The van der Waals surface area contributed by atoms with E-state index >= 15 is 0 Å². The summed E-state index contributed by atoms with van der Waals surface area (Å²) in [5, 5.41) is 3.95. The lowest BCUT2D eigenvalue weighted by atomic mass is 9.87.